The van der Waals surface area contributed by atoms with Crippen LogP contribution < -0.4 is 0 Å². The highest BCUT2D eigenvalue weighted by Crippen LogP contribution is 2.44. The van der Waals surface area contributed by atoms with E-state index in [0.717, 1.165) is 18.4 Å². The van der Waals surface area contributed by atoms with E-state index in [1.165, 1.54) is 12.1 Å². The zero-order valence-corrected chi connectivity index (χ0v) is 15.6. The molecule has 2 fully saturated rings. The molecule has 2 aliphatic rings. The Morgan fingerprint density at radius 2 is 1.93 bits per heavy atom. The van der Waals surface area contributed by atoms with Crippen LogP contribution in [0.15, 0.2) is 54.6 Å². The molecular weight excluding hydrogens is 360 g/mol. The van der Waals surface area contributed by atoms with Gasteiger partial charge in [-0.15, -0.1) is 0 Å². The van der Waals surface area contributed by atoms with Crippen LogP contribution in [-0.4, -0.2) is 34.7 Å². The molecule has 0 aromatic heterocycles. The van der Waals surface area contributed by atoms with E-state index in [0.29, 0.717) is 12.2 Å². The van der Waals surface area contributed by atoms with Crippen molar-refractivity contribution in [1.29, 1.82) is 0 Å². The number of ether oxygens (including phenoxy) is 2. The number of nitrogens with zero attached hydrogens (tertiary/aromatic N) is 2. The second-order valence-corrected chi connectivity index (χ2v) is 7.08. The molecule has 146 valence electrons. The van der Waals surface area contributed by atoms with Crippen LogP contribution in [0.25, 0.3) is 0 Å². The molecule has 2 aliphatic heterocycles. The summed E-state index contributed by atoms with van der Waals surface area (Å²) in [6, 6.07) is 15.9. The molecule has 7 heteroatoms. The number of nitro benzene ring substituents is 1. The number of benzene rings is 2. The minimum Gasteiger partial charge on any atom is -0.356 e. The van der Waals surface area contributed by atoms with Gasteiger partial charge in [0.05, 0.1) is 17.6 Å². The van der Waals surface area contributed by atoms with E-state index in [1.54, 1.807) is 17.0 Å². The fourth-order valence-corrected chi connectivity index (χ4v) is 3.78. The molecule has 28 heavy (non-hydrogen) atoms. The lowest BCUT2D eigenvalue weighted by Crippen LogP contribution is -2.40. The van der Waals surface area contributed by atoms with Crippen molar-refractivity contribution in [2.45, 2.75) is 44.2 Å². The smallest absolute Gasteiger partial charge is 0.269 e. The van der Waals surface area contributed by atoms with E-state index >= 15 is 0 Å². The zero-order chi connectivity index (χ0) is 19.7. The fraction of sp³-hybridized carbons (Fsp3) is 0.381. The highest BCUT2D eigenvalue weighted by Gasteiger charge is 2.52. The van der Waals surface area contributed by atoms with E-state index in [9.17, 15) is 14.9 Å². The molecular formula is C21H22N2O5. The maximum Gasteiger partial charge on any atom is 0.269 e. The third kappa shape index (κ3) is 3.50. The predicted molar refractivity (Wildman–Crippen MR) is 101 cm³/mol. The first-order chi connectivity index (χ1) is 13.6. The van der Waals surface area contributed by atoms with Crippen LogP contribution in [0.5, 0.6) is 0 Å². The van der Waals surface area contributed by atoms with Crippen LogP contribution in [-0.2, 0) is 14.3 Å². The maximum atomic E-state index is 13.3. The van der Waals surface area contributed by atoms with Crippen molar-refractivity contribution < 1.29 is 19.2 Å². The number of hydrogen-bond acceptors (Lipinski definition) is 5. The highest BCUT2D eigenvalue weighted by atomic mass is 16.6. The standard InChI is InChI=1S/C21H22N2O5/c1-2-7-18-22(17(13-27-18)14-8-4-3-5-9-14)21(24)20-19(28-20)15-10-6-11-16(12-15)23(25)26/h3-6,8-12,17-20H,2,7,13H2,1H3/t17-,18+,19-,20+/m0/s1. The third-order valence-electron chi connectivity index (χ3n) is 5.21. The summed E-state index contributed by atoms with van der Waals surface area (Å²) in [6.07, 6.45) is 0.289. The van der Waals surface area contributed by atoms with E-state index in [2.05, 4.69) is 6.92 Å². The minimum absolute atomic E-state index is 0.00488. The van der Waals surface area contributed by atoms with Crippen molar-refractivity contribution >= 4 is 11.6 Å². The second kappa shape index (κ2) is 7.69. The molecule has 2 aromatic rings. The molecule has 0 bridgehead atoms. The third-order valence-corrected chi connectivity index (χ3v) is 5.21. The number of rotatable bonds is 6. The number of nitro groups is 1. The van der Waals surface area contributed by atoms with Crippen LogP contribution in [0.1, 0.15) is 43.0 Å². The van der Waals surface area contributed by atoms with Gasteiger partial charge in [-0.1, -0.05) is 55.8 Å². The van der Waals surface area contributed by atoms with Crippen molar-refractivity contribution in [3.05, 3.63) is 75.8 Å². The van der Waals surface area contributed by atoms with Gasteiger partial charge in [0.1, 0.15) is 12.3 Å². The van der Waals surface area contributed by atoms with Gasteiger partial charge in [-0.3, -0.25) is 14.9 Å². The molecule has 2 saturated heterocycles. The normalized spacial score (nSPS) is 26.2. The molecule has 0 N–H and O–H groups in total. The van der Waals surface area contributed by atoms with Crippen LogP contribution in [0.4, 0.5) is 5.69 Å². The number of amides is 1. The summed E-state index contributed by atoms with van der Waals surface area (Å²) in [5.74, 6) is -0.124. The largest absolute Gasteiger partial charge is 0.356 e. The Bertz CT molecular complexity index is 872. The number of epoxide rings is 1. The highest BCUT2D eigenvalue weighted by molar-refractivity contribution is 5.85. The molecule has 4 rings (SSSR count). The van der Waals surface area contributed by atoms with E-state index < -0.39 is 17.1 Å². The summed E-state index contributed by atoms with van der Waals surface area (Å²) in [6.45, 7) is 2.51. The van der Waals surface area contributed by atoms with Gasteiger partial charge >= 0.3 is 0 Å². The SMILES string of the molecule is CCC[C@H]1OC[C@@H](c2ccccc2)N1C(=O)[C@@H]1O[C@H]1c1cccc([N+](=O)[O-])c1. The molecule has 0 unspecified atom stereocenters. The van der Waals surface area contributed by atoms with E-state index in [4.69, 9.17) is 9.47 Å². The molecule has 1 amide bonds. The van der Waals surface area contributed by atoms with E-state index in [1.807, 2.05) is 30.3 Å². The quantitative estimate of drug-likeness (QED) is 0.431. The lowest BCUT2D eigenvalue weighted by atomic mass is 10.0. The van der Waals surface area contributed by atoms with Crippen LogP contribution in [0, 0.1) is 10.1 Å². The average Bonchev–Trinajstić information content (AvgIpc) is 3.42. The number of hydrogen-bond donors (Lipinski definition) is 0. The van der Waals surface area contributed by atoms with Crippen molar-refractivity contribution in [2.24, 2.45) is 0 Å². The molecule has 7 nitrogen and oxygen atoms in total. The topological polar surface area (TPSA) is 85.2 Å². The van der Waals surface area contributed by atoms with Crippen LogP contribution in [0.3, 0.4) is 0 Å². The maximum absolute atomic E-state index is 13.3. The van der Waals surface area contributed by atoms with Crippen molar-refractivity contribution in [2.75, 3.05) is 6.61 Å². The van der Waals surface area contributed by atoms with Gasteiger partial charge in [0.25, 0.3) is 11.6 Å². The van der Waals surface area contributed by atoms with Crippen molar-refractivity contribution in [3.63, 3.8) is 0 Å². The Morgan fingerprint density at radius 3 is 2.64 bits per heavy atom. The molecule has 0 radical (unpaired) electrons. The van der Waals surface area contributed by atoms with Crippen molar-refractivity contribution in [1.82, 2.24) is 4.90 Å². The first-order valence-electron chi connectivity index (χ1n) is 9.48. The van der Waals surface area contributed by atoms with Crippen LogP contribution in [0.2, 0.25) is 0 Å². The number of carbonyl (C=O) groups is 1. The molecule has 0 aliphatic carbocycles. The van der Waals surface area contributed by atoms with Gasteiger partial charge in [0.15, 0.2) is 6.10 Å². The minimum atomic E-state index is -0.630. The predicted octanol–water partition coefficient (Wildman–Crippen LogP) is 3.76. The lowest BCUT2D eigenvalue weighted by molar-refractivity contribution is -0.384. The zero-order valence-electron chi connectivity index (χ0n) is 15.6. The van der Waals surface area contributed by atoms with Gasteiger partial charge in [-0.25, -0.2) is 0 Å². The first-order valence-corrected chi connectivity index (χ1v) is 9.48. The Balaban J connectivity index is 1.55. The van der Waals surface area contributed by atoms with Crippen molar-refractivity contribution in [3.8, 4) is 0 Å². The van der Waals surface area contributed by atoms with E-state index in [-0.39, 0.29) is 23.9 Å². The van der Waals surface area contributed by atoms with Gasteiger partial charge in [-0.2, -0.15) is 0 Å². The second-order valence-electron chi connectivity index (χ2n) is 7.08. The Kier molecular flexibility index (Phi) is 5.11. The Labute approximate surface area is 163 Å². The van der Waals surface area contributed by atoms with Gasteiger partial charge in [0, 0.05) is 12.1 Å². The lowest BCUT2D eigenvalue weighted by Gasteiger charge is -2.28. The average molecular weight is 382 g/mol. The summed E-state index contributed by atoms with van der Waals surface area (Å²) in [4.78, 5) is 25.6. The van der Waals surface area contributed by atoms with Gasteiger partial charge in [0.2, 0.25) is 0 Å². The first kappa shape index (κ1) is 18.6. The summed E-state index contributed by atoms with van der Waals surface area (Å²) in [5.41, 5.74) is 1.67. The fourth-order valence-electron chi connectivity index (χ4n) is 3.78. The van der Waals surface area contributed by atoms with Crippen LogP contribution >= 0.6 is 0 Å². The van der Waals surface area contributed by atoms with Gasteiger partial charge < -0.3 is 14.4 Å². The number of non-ortho nitro benzene ring substituents is 1. The molecule has 4 atom stereocenters. The summed E-state index contributed by atoms with van der Waals surface area (Å²) in [7, 11) is 0. The Hall–Kier alpha value is -2.77. The molecule has 0 saturated carbocycles. The summed E-state index contributed by atoms with van der Waals surface area (Å²) < 4.78 is 11.6. The molecule has 0 spiro atoms. The monoisotopic (exact) mass is 382 g/mol. The molecule has 2 aromatic carbocycles. The summed E-state index contributed by atoms with van der Waals surface area (Å²) >= 11 is 0. The number of carbonyl (C=O) groups excluding carboxylic acids is 1. The van der Waals surface area contributed by atoms with Gasteiger partial charge in [-0.05, 0) is 17.5 Å². The molecule has 2 heterocycles. The Morgan fingerprint density at radius 1 is 1.18 bits per heavy atom. The summed E-state index contributed by atoms with van der Waals surface area (Å²) in [5, 5.41) is 11.0.